The highest BCUT2D eigenvalue weighted by Gasteiger charge is 2.11. The van der Waals surface area contributed by atoms with Crippen molar-refractivity contribution in [3.63, 3.8) is 0 Å². The topological polar surface area (TPSA) is 75.2 Å². The van der Waals surface area contributed by atoms with Crippen LogP contribution in [0.2, 0.25) is 0 Å². The first-order valence-electron chi connectivity index (χ1n) is 5.54. The first-order chi connectivity index (χ1) is 8.70. The molecule has 1 aromatic heterocycles. The summed E-state index contributed by atoms with van der Waals surface area (Å²) in [5.74, 6) is 0.0754. The van der Waals surface area contributed by atoms with Crippen molar-refractivity contribution in [2.75, 3.05) is 7.11 Å². The van der Waals surface area contributed by atoms with Gasteiger partial charge in [-0.1, -0.05) is 30.3 Å². The number of aromatic nitrogens is 2. The van der Waals surface area contributed by atoms with Gasteiger partial charge in [-0.05, 0) is 5.56 Å². The number of hydrogen-bond donors (Lipinski definition) is 2. The summed E-state index contributed by atoms with van der Waals surface area (Å²) < 4.78 is 4.85. The largest absolute Gasteiger partial charge is 0.493 e. The molecule has 0 radical (unpaired) electrons. The second-order valence-electron chi connectivity index (χ2n) is 3.91. The molecule has 5 heteroatoms. The van der Waals surface area contributed by atoms with Crippen LogP contribution in [0.15, 0.2) is 35.1 Å². The SMILES string of the molecule is COCc1nc(O)c(Cc2ccccc2)c(=O)[nH]1. The average Bonchev–Trinajstić information content (AvgIpc) is 2.36. The fourth-order valence-corrected chi connectivity index (χ4v) is 1.70. The number of methoxy groups -OCH3 is 1. The minimum Gasteiger partial charge on any atom is -0.493 e. The van der Waals surface area contributed by atoms with Gasteiger partial charge in [-0.3, -0.25) is 4.79 Å². The van der Waals surface area contributed by atoms with Gasteiger partial charge >= 0.3 is 0 Å². The van der Waals surface area contributed by atoms with Crippen LogP contribution in [0.1, 0.15) is 17.0 Å². The lowest BCUT2D eigenvalue weighted by molar-refractivity contribution is 0.176. The zero-order chi connectivity index (χ0) is 13.0. The van der Waals surface area contributed by atoms with Crippen molar-refractivity contribution in [2.24, 2.45) is 0 Å². The Kier molecular flexibility index (Phi) is 3.74. The molecule has 2 rings (SSSR count). The van der Waals surface area contributed by atoms with Gasteiger partial charge in [0.2, 0.25) is 5.88 Å². The van der Waals surface area contributed by atoms with Crippen LogP contribution in [0.5, 0.6) is 5.88 Å². The molecule has 0 saturated heterocycles. The predicted molar refractivity (Wildman–Crippen MR) is 66.5 cm³/mol. The van der Waals surface area contributed by atoms with Gasteiger partial charge in [0, 0.05) is 13.5 Å². The molecule has 0 aliphatic heterocycles. The highest BCUT2D eigenvalue weighted by atomic mass is 16.5. The van der Waals surface area contributed by atoms with E-state index in [4.69, 9.17) is 4.74 Å². The summed E-state index contributed by atoms with van der Waals surface area (Å²) in [5, 5.41) is 9.77. The summed E-state index contributed by atoms with van der Waals surface area (Å²) in [5.41, 5.74) is 0.874. The molecule has 2 N–H and O–H groups in total. The summed E-state index contributed by atoms with van der Waals surface area (Å²) in [6.45, 7) is 0.161. The van der Waals surface area contributed by atoms with Crippen molar-refractivity contribution < 1.29 is 9.84 Å². The van der Waals surface area contributed by atoms with Gasteiger partial charge in [-0.25, -0.2) is 0 Å². The van der Waals surface area contributed by atoms with E-state index in [-0.39, 0.29) is 23.6 Å². The van der Waals surface area contributed by atoms with E-state index >= 15 is 0 Å². The van der Waals surface area contributed by atoms with E-state index in [1.54, 1.807) is 0 Å². The van der Waals surface area contributed by atoms with E-state index in [9.17, 15) is 9.90 Å². The normalized spacial score (nSPS) is 10.5. The van der Waals surface area contributed by atoms with E-state index in [0.717, 1.165) is 5.56 Å². The molecule has 0 unspecified atom stereocenters. The number of ether oxygens (including phenoxy) is 1. The van der Waals surface area contributed by atoms with E-state index in [1.807, 2.05) is 30.3 Å². The molecule has 5 nitrogen and oxygen atoms in total. The summed E-state index contributed by atoms with van der Waals surface area (Å²) in [6, 6.07) is 9.44. The maximum Gasteiger partial charge on any atom is 0.258 e. The Morgan fingerprint density at radius 3 is 2.67 bits per heavy atom. The number of rotatable bonds is 4. The van der Waals surface area contributed by atoms with Crippen LogP contribution in [0.4, 0.5) is 0 Å². The van der Waals surface area contributed by atoms with Crippen molar-refractivity contribution in [2.45, 2.75) is 13.0 Å². The minimum atomic E-state index is -0.335. The summed E-state index contributed by atoms with van der Waals surface area (Å²) in [4.78, 5) is 18.3. The van der Waals surface area contributed by atoms with Crippen LogP contribution in [0, 0.1) is 0 Å². The Balaban J connectivity index is 2.32. The molecule has 0 saturated carbocycles. The highest BCUT2D eigenvalue weighted by Crippen LogP contribution is 2.13. The van der Waals surface area contributed by atoms with Crippen LogP contribution in [-0.4, -0.2) is 22.2 Å². The van der Waals surface area contributed by atoms with Gasteiger partial charge < -0.3 is 14.8 Å². The molecule has 0 aliphatic carbocycles. The first-order valence-corrected chi connectivity index (χ1v) is 5.54. The second-order valence-corrected chi connectivity index (χ2v) is 3.91. The van der Waals surface area contributed by atoms with Crippen molar-refractivity contribution in [1.82, 2.24) is 9.97 Å². The molecular weight excluding hydrogens is 232 g/mol. The van der Waals surface area contributed by atoms with E-state index < -0.39 is 0 Å². The Morgan fingerprint density at radius 1 is 1.33 bits per heavy atom. The molecule has 1 aromatic carbocycles. The lowest BCUT2D eigenvalue weighted by atomic mass is 10.1. The fourth-order valence-electron chi connectivity index (χ4n) is 1.70. The number of nitrogens with one attached hydrogen (secondary N) is 1. The molecule has 0 aliphatic rings. The van der Waals surface area contributed by atoms with Gasteiger partial charge in [0.05, 0.1) is 5.56 Å². The second kappa shape index (κ2) is 5.46. The standard InChI is InChI=1S/C13H14N2O3/c1-18-8-11-14-12(16)10(13(17)15-11)7-9-5-3-2-4-6-9/h2-6H,7-8H2,1H3,(H2,14,15,16,17). The number of aromatic amines is 1. The number of H-pyrrole nitrogens is 1. The quantitative estimate of drug-likeness (QED) is 0.850. The molecule has 2 aromatic rings. The lowest BCUT2D eigenvalue weighted by Crippen LogP contribution is -2.17. The summed E-state index contributed by atoms with van der Waals surface area (Å²) in [6.07, 6.45) is 0.349. The molecule has 0 spiro atoms. The third-order valence-electron chi connectivity index (χ3n) is 2.55. The van der Waals surface area contributed by atoms with Crippen LogP contribution in [0.25, 0.3) is 0 Å². The smallest absolute Gasteiger partial charge is 0.258 e. The molecule has 0 bridgehead atoms. The molecule has 0 atom stereocenters. The maximum atomic E-state index is 11.8. The Bertz CT molecular complexity index is 579. The Hall–Kier alpha value is -2.14. The van der Waals surface area contributed by atoms with Crippen LogP contribution >= 0.6 is 0 Å². The van der Waals surface area contributed by atoms with Crippen LogP contribution in [0.3, 0.4) is 0 Å². The lowest BCUT2D eigenvalue weighted by Gasteiger charge is -2.05. The van der Waals surface area contributed by atoms with E-state index in [0.29, 0.717) is 12.2 Å². The molecular formula is C13H14N2O3. The maximum absolute atomic E-state index is 11.8. The zero-order valence-electron chi connectivity index (χ0n) is 10.0. The van der Waals surface area contributed by atoms with Gasteiger partial charge in [0.1, 0.15) is 12.4 Å². The minimum absolute atomic E-state index is 0.161. The molecule has 18 heavy (non-hydrogen) atoms. The summed E-state index contributed by atoms with van der Waals surface area (Å²) >= 11 is 0. The van der Waals surface area contributed by atoms with Crippen molar-refractivity contribution in [3.05, 3.63) is 57.6 Å². The molecule has 94 valence electrons. The van der Waals surface area contributed by atoms with E-state index in [2.05, 4.69) is 9.97 Å². The number of hydrogen-bond acceptors (Lipinski definition) is 4. The van der Waals surface area contributed by atoms with Gasteiger partial charge in [0.15, 0.2) is 0 Å². The third kappa shape index (κ3) is 2.75. The third-order valence-corrected chi connectivity index (χ3v) is 2.55. The van der Waals surface area contributed by atoms with Gasteiger partial charge in [-0.2, -0.15) is 4.98 Å². The Morgan fingerprint density at radius 2 is 2.06 bits per heavy atom. The summed E-state index contributed by atoms with van der Waals surface area (Å²) in [7, 11) is 1.49. The van der Waals surface area contributed by atoms with Crippen molar-refractivity contribution in [3.8, 4) is 5.88 Å². The van der Waals surface area contributed by atoms with E-state index in [1.165, 1.54) is 7.11 Å². The number of benzene rings is 1. The molecule has 1 heterocycles. The van der Waals surface area contributed by atoms with Crippen molar-refractivity contribution in [1.29, 1.82) is 0 Å². The van der Waals surface area contributed by atoms with Crippen molar-refractivity contribution >= 4 is 0 Å². The van der Waals surface area contributed by atoms with Crippen LogP contribution in [-0.2, 0) is 17.8 Å². The molecule has 0 amide bonds. The zero-order valence-corrected chi connectivity index (χ0v) is 10.0. The monoisotopic (exact) mass is 246 g/mol. The van der Waals surface area contributed by atoms with Crippen LogP contribution < -0.4 is 5.56 Å². The highest BCUT2D eigenvalue weighted by molar-refractivity contribution is 5.30. The first kappa shape index (κ1) is 12.3. The Labute approximate surface area is 104 Å². The fraction of sp³-hybridized carbons (Fsp3) is 0.231. The average molecular weight is 246 g/mol. The number of nitrogens with zero attached hydrogens (tertiary/aromatic N) is 1. The number of aromatic hydroxyl groups is 1. The predicted octanol–water partition coefficient (Wildman–Crippen LogP) is 1.21. The van der Waals surface area contributed by atoms with Gasteiger partial charge in [-0.15, -0.1) is 0 Å². The molecule has 0 fully saturated rings. The van der Waals surface area contributed by atoms with Gasteiger partial charge in [0.25, 0.3) is 5.56 Å².